The normalized spacial score (nSPS) is 34.4. The van der Waals surface area contributed by atoms with Gasteiger partial charge in [-0.1, -0.05) is 0 Å². The zero-order chi connectivity index (χ0) is 13.5. The molecule has 2 heterocycles. The highest BCUT2D eigenvalue weighted by atomic mass is 16.5. The summed E-state index contributed by atoms with van der Waals surface area (Å²) in [6.07, 6.45) is 6.12. The van der Waals surface area contributed by atoms with E-state index in [2.05, 4.69) is 11.8 Å². The maximum absolute atomic E-state index is 10.2. The fraction of sp³-hybridized carbons (Fsp3) is 0.733. The second kappa shape index (κ2) is 4.62. The largest absolute Gasteiger partial charge is 0.472 e. The molecule has 0 bridgehead atoms. The van der Waals surface area contributed by atoms with Gasteiger partial charge in [0.15, 0.2) is 0 Å². The van der Waals surface area contributed by atoms with Gasteiger partial charge in [-0.3, -0.25) is 4.90 Å². The Labute approximate surface area is 114 Å². The number of piperidine rings is 1. The lowest BCUT2D eigenvalue weighted by Crippen LogP contribution is -2.68. The van der Waals surface area contributed by atoms with Gasteiger partial charge in [0.2, 0.25) is 0 Å². The van der Waals surface area contributed by atoms with Gasteiger partial charge >= 0.3 is 0 Å². The van der Waals surface area contributed by atoms with Gasteiger partial charge in [0.1, 0.15) is 0 Å². The third kappa shape index (κ3) is 1.93. The minimum absolute atomic E-state index is 0.0331. The SMILES string of the molecule is CO[C@@]1(C)C[C@@H](O)C12CCN(Cc1ccoc1)CC2. The van der Waals surface area contributed by atoms with Crippen molar-refractivity contribution in [3.05, 3.63) is 24.2 Å². The molecule has 4 nitrogen and oxygen atoms in total. The summed E-state index contributed by atoms with van der Waals surface area (Å²) >= 11 is 0. The topological polar surface area (TPSA) is 45.8 Å². The number of ether oxygens (including phenoxy) is 1. The van der Waals surface area contributed by atoms with Crippen molar-refractivity contribution >= 4 is 0 Å². The molecule has 2 fully saturated rings. The first-order valence-corrected chi connectivity index (χ1v) is 7.06. The molecule has 0 amide bonds. The van der Waals surface area contributed by atoms with Gasteiger partial charge in [-0.2, -0.15) is 0 Å². The van der Waals surface area contributed by atoms with E-state index in [0.29, 0.717) is 0 Å². The average Bonchev–Trinajstić information content (AvgIpc) is 2.92. The van der Waals surface area contributed by atoms with Crippen molar-refractivity contribution in [1.82, 2.24) is 4.90 Å². The van der Waals surface area contributed by atoms with Gasteiger partial charge in [-0.15, -0.1) is 0 Å². The van der Waals surface area contributed by atoms with Gasteiger partial charge in [-0.05, 0) is 38.9 Å². The number of aliphatic hydroxyl groups excluding tert-OH is 1. The van der Waals surface area contributed by atoms with E-state index < -0.39 is 0 Å². The lowest BCUT2D eigenvalue weighted by Gasteiger charge is -2.62. The van der Waals surface area contributed by atoms with Gasteiger partial charge in [0.25, 0.3) is 0 Å². The highest BCUT2D eigenvalue weighted by Gasteiger charge is 2.63. The van der Waals surface area contributed by atoms with Crippen LogP contribution in [0, 0.1) is 5.41 Å². The Morgan fingerprint density at radius 1 is 1.47 bits per heavy atom. The van der Waals surface area contributed by atoms with E-state index in [1.807, 2.05) is 12.3 Å². The molecule has 4 heteroatoms. The highest BCUT2D eigenvalue weighted by molar-refractivity contribution is 5.14. The van der Waals surface area contributed by atoms with Gasteiger partial charge in [0.05, 0.1) is 24.2 Å². The predicted molar refractivity (Wildman–Crippen MR) is 71.7 cm³/mol. The van der Waals surface area contributed by atoms with E-state index in [4.69, 9.17) is 9.15 Å². The molecule has 1 aromatic rings. The smallest absolute Gasteiger partial charge is 0.0947 e. The molecule has 2 aliphatic rings. The van der Waals surface area contributed by atoms with Crippen LogP contribution in [0.15, 0.2) is 23.0 Å². The van der Waals surface area contributed by atoms with Crippen LogP contribution in [0.4, 0.5) is 0 Å². The first-order chi connectivity index (χ1) is 9.10. The van der Waals surface area contributed by atoms with Crippen LogP contribution in [0.5, 0.6) is 0 Å². The molecule has 2 atom stereocenters. The standard InChI is InChI=1S/C15H23NO3/c1-14(18-2)9-13(17)15(14)4-6-16(7-5-15)10-12-3-8-19-11-12/h3,8,11,13,17H,4-7,9-10H2,1-2H3/t13-,14+/m1/s1. The quantitative estimate of drug-likeness (QED) is 0.908. The Morgan fingerprint density at radius 2 is 2.21 bits per heavy atom. The molecule has 1 N–H and O–H groups in total. The van der Waals surface area contributed by atoms with Crippen molar-refractivity contribution in [3.63, 3.8) is 0 Å². The minimum atomic E-state index is -0.200. The number of nitrogens with zero attached hydrogens (tertiary/aromatic N) is 1. The number of likely N-dealkylation sites (tertiary alicyclic amines) is 1. The van der Waals surface area contributed by atoms with Crippen LogP contribution in [-0.4, -0.2) is 41.9 Å². The molecule has 1 aliphatic heterocycles. The summed E-state index contributed by atoms with van der Waals surface area (Å²) in [5, 5.41) is 10.2. The number of hydrogen-bond donors (Lipinski definition) is 1. The number of methoxy groups -OCH3 is 1. The van der Waals surface area contributed by atoms with E-state index in [-0.39, 0.29) is 17.1 Å². The van der Waals surface area contributed by atoms with Crippen molar-refractivity contribution in [1.29, 1.82) is 0 Å². The van der Waals surface area contributed by atoms with Crippen LogP contribution in [0.25, 0.3) is 0 Å². The van der Waals surface area contributed by atoms with Crippen molar-refractivity contribution in [2.75, 3.05) is 20.2 Å². The van der Waals surface area contributed by atoms with E-state index >= 15 is 0 Å². The fourth-order valence-electron chi connectivity index (χ4n) is 3.89. The molecule has 1 saturated heterocycles. The molecular formula is C15H23NO3. The Kier molecular flexibility index (Phi) is 3.20. The molecule has 1 aliphatic carbocycles. The summed E-state index contributed by atoms with van der Waals surface area (Å²) in [6, 6.07) is 2.02. The van der Waals surface area contributed by atoms with Crippen molar-refractivity contribution in [3.8, 4) is 0 Å². The molecule has 0 aromatic carbocycles. The molecule has 1 spiro atoms. The molecule has 19 heavy (non-hydrogen) atoms. The number of rotatable bonds is 3. The lowest BCUT2D eigenvalue weighted by molar-refractivity contribution is -0.261. The maximum Gasteiger partial charge on any atom is 0.0947 e. The van der Waals surface area contributed by atoms with Crippen LogP contribution < -0.4 is 0 Å². The summed E-state index contributed by atoms with van der Waals surface area (Å²) in [5.41, 5.74) is 1.04. The molecule has 1 saturated carbocycles. The second-order valence-corrected chi connectivity index (χ2v) is 6.22. The van der Waals surface area contributed by atoms with Crippen LogP contribution in [0.1, 0.15) is 31.7 Å². The van der Waals surface area contributed by atoms with Crippen molar-refractivity contribution in [2.45, 2.75) is 44.4 Å². The number of hydrogen-bond acceptors (Lipinski definition) is 4. The van der Waals surface area contributed by atoms with Crippen LogP contribution >= 0.6 is 0 Å². The molecular weight excluding hydrogens is 242 g/mol. The maximum atomic E-state index is 10.2. The van der Waals surface area contributed by atoms with Crippen LogP contribution in [0.3, 0.4) is 0 Å². The van der Waals surface area contributed by atoms with Crippen molar-refractivity contribution < 1.29 is 14.3 Å². The summed E-state index contributed by atoms with van der Waals surface area (Å²) in [4.78, 5) is 2.43. The van der Waals surface area contributed by atoms with E-state index in [1.165, 1.54) is 5.56 Å². The molecule has 3 rings (SSSR count). The van der Waals surface area contributed by atoms with E-state index in [0.717, 1.165) is 38.9 Å². The minimum Gasteiger partial charge on any atom is -0.472 e. The van der Waals surface area contributed by atoms with E-state index in [9.17, 15) is 5.11 Å². The average molecular weight is 265 g/mol. The zero-order valence-electron chi connectivity index (χ0n) is 11.8. The highest BCUT2D eigenvalue weighted by Crippen LogP contribution is 2.57. The zero-order valence-corrected chi connectivity index (χ0v) is 11.8. The Balaban J connectivity index is 1.63. The van der Waals surface area contributed by atoms with Gasteiger partial charge in [0, 0.05) is 31.1 Å². The summed E-state index contributed by atoms with van der Waals surface area (Å²) < 4.78 is 10.8. The predicted octanol–water partition coefficient (Wildman–Crippen LogP) is 2.03. The second-order valence-electron chi connectivity index (χ2n) is 6.22. The summed E-state index contributed by atoms with van der Waals surface area (Å²) in [6.45, 7) is 5.11. The Bertz CT molecular complexity index is 423. The number of furan rings is 1. The third-order valence-electron chi connectivity index (χ3n) is 5.46. The van der Waals surface area contributed by atoms with Crippen molar-refractivity contribution in [2.24, 2.45) is 5.41 Å². The fourth-order valence-corrected chi connectivity index (χ4v) is 3.89. The third-order valence-corrected chi connectivity index (χ3v) is 5.46. The monoisotopic (exact) mass is 265 g/mol. The number of aliphatic hydroxyl groups is 1. The van der Waals surface area contributed by atoms with Crippen LogP contribution in [0.2, 0.25) is 0 Å². The first kappa shape index (κ1) is 13.2. The van der Waals surface area contributed by atoms with Gasteiger partial charge in [-0.25, -0.2) is 0 Å². The summed E-state index contributed by atoms with van der Waals surface area (Å²) in [7, 11) is 1.77. The van der Waals surface area contributed by atoms with E-state index in [1.54, 1.807) is 13.4 Å². The molecule has 0 radical (unpaired) electrons. The lowest BCUT2D eigenvalue weighted by atomic mass is 9.51. The molecule has 0 unspecified atom stereocenters. The molecule has 1 aromatic heterocycles. The Morgan fingerprint density at radius 3 is 2.74 bits per heavy atom. The summed E-state index contributed by atoms with van der Waals surface area (Å²) in [5.74, 6) is 0. The van der Waals surface area contributed by atoms with Crippen LogP contribution in [-0.2, 0) is 11.3 Å². The first-order valence-electron chi connectivity index (χ1n) is 7.06. The van der Waals surface area contributed by atoms with Gasteiger partial charge < -0.3 is 14.3 Å². The molecule has 106 valence electrons. The Hall–Kier alpha value is -0.840.